The minimum Gasteiger partial charge on any atom is -0.333 e. The van der Waals surface area contributed by atoms with Crippen LogP contribution in [0.15, 0.2) is 24.4 Å². The molecule has 1 aromatic heterocycles. The molecule has 1 unspecified atom stereocenters. The average molecular weight is 296 g/mol. The standard InChI is InChI=1S/C17H20N4O/c1-11(22)21-8-6-13-9-12(4-5-16(13)21)15-10-20-7-2-3-14(18)17(20)19-15/h4-5,9-10,14H,2-3,6-8,18H2,1H3. The van der Waals surface area contributed by atoms with Crippen molar-refractivity contribution in [2.45, 2.75) is 38.8 Å². The molecule has 2 N–H and O–H groups in total. The molecule has 1 aromatic carbocycles. The van der Waals surface area contributed by atoms with Gasteiger partial charge in [-0.15, -0.1) is 0 Å². The Balaban J connectivity index is 1.71. The van der Waals surface area contributed by atoms with Crippen LogP contribution >= 0.6 is 0 Å². The highest BCUT2D eigenvalue weighted by atomic mass is 16.2. The molecule has 1 atom stereocenters. The summed E-state index contributed by atoms with van der Waals surface area (Å²) < 4.78 is 2.18. The molecule has 2 aliphatic heterocycles. The smallest absolute Gasteiger partial charge is 0.223 e. The van der Waals surface area contributed by atoms with Gasteiger partial charge in [0.2, 0.25) is 5.91 Å². The van der Waals surface area contributed by atoms with Gasteiger partial charge in [0, 0.05) is 37.5 Å². The number of carbonyl (C=O) groups is 1. The molecule has 2 aromatic rings. The fraction of sp³-hybridized carbons (Fsp3) is 0.412. The molecule has 0 spiro atoms. The molecule has 0 radical (unpaired) electrons. The van der Waals surface area contributed by atoms with Gasteiger partial charge in [-0.2, -0.15) is 0 Å². The van der Waals surface area contributed by atoms with Crippen molar-refractivity contribution >= 4 is 11.6 Å². The lowest BCUT2D eigenvalue weighted by atomic mass is 10.1. The summed E-state index contributed by atoms with van der Waals surface area (Å²) in [4.78, 5) is 18.2. The predicted molar refractivity (Wildman–Crippen MR) is 85.6 cm³/mol. The lowest BCUT2D eigenvalue weighted by molar-refractivity contribution is -0.116. The summed E-state index contributed by atoms with van der Waals surface area (Å²) in [5.74, 6) is 1.10. The van der Waals surface area contributed by atoms with Crippen molar-refractivity contribution in [3.63, 3.8) is 0 Å². The number of anilines is 1. The molecule has 4 rings (SSSR count). The van der Waals surface area contributed by atoms with E-state index in [1.807, 2.05) is 11.0 Å². The second kappa shape index (κ2) is 4.95. The molecule has 0 saturated carbocycles. The molecule has 3 heterocycles. The van der Waals surface area contributed by atoms with Crippen LogP contribution < -0.4 is 10.6 Å². The third kappa shape index (κ3) is 2.04. The fourth-order valence-electron chi connectivity index (χ4n) is 3.54. The van der Waals surface area contributed by atoms with E-state index >= 15 is 0 Å². The van der Waals surface area contributed by atoms with Crippen molar-refractivity contribution in [1.82, 2.24) is 9.55 Å². The molecule has 22 heavy (non-hydrogen) atoms. The molecule has 0 saturated heterocycles. The second-order valence-corrected chi connectivity index (χ2v) is 6.19. The van der Waals surface area contributed by atoms with E-state index in [1.165, 1.54) is 5.56 Å². The van der Waals surface area contributed by atoms with Gasteiger partial charge in [-0.3, -0.25) is 4.79 Å². The molecular formula is C17H20N4O. The van der Waals surface area contributed by atoms with Crippen LogP contribution in [0.2, 0.25) is 0 Å². The van der Waals surface area contributed by atoms with Crippen molar-refractivity contribution in [2.75, 3.05) is 11.4 Å². The lowest BCUT2D eigenvalue weighted by Gasteiger charge is -2.19. The highest BCUT2D eigenvalue weighted by Gasteiger charge is 2.24. The SMILES string of the molecule is CC(=O)N1CCc2cc(-c3cn4c(n3)C(N)CCC4)ccc21. The van der Waals surface area contributed by atoms with E-state index < -0.39 is 0 Å². The Morgan fingerprint density at radius 2 is 2.23 bits per heavy atom. The van der Waals surface area contributed by atoms with Crippen LogP contribution in [-0.2, 0) is 17.8 Å². The van der Waals surface area contributed by atoms with Crippen LogP contribution in [0.3, 0.4) is 0 Å². The van der Waals surface area contributed by atoms with Crippen LogP contribution in [0.5, 0.6) is 0 Å². The summed E-state index contributed by atoms with van der Waals surface area (Å²) in [6, 6.07) is 6.31. The molecule has 114 valence electrons. The summed E-state index contributed by atoms with van der Waals surface area (Å²) in [6.07, 6.45) is 5.14. The molecule has 5 heteroatoms. The molecule has 0 fully saturated rings. The Labute approximate surface area is 129 Å². The monoisotopic (exact) mass is 296 g/mol. The van der Waals surface area contributed by atoms with Crippen molar-refractivity contribution in [3.8, 4) is 11.3 Å². The van der Waals surface area contributed by atoms with E-state index in [-0.39, 0.29) is 11.9 Å². The Morgan fingerprint density at radius 3 is 3.00 bits per heavy atom. The van der Waals surface area contributed by atoms with Gasteiger partial charge >= 0.3 is 0 Å². The number of nitrogens with two attached hydrogens (primary N) is 1. The predicted octanol–water partition coefficient (Wildman–Crippen LogP) is 2.25. The summed E-state index contributed by atoms with van der Waals surface area (Å²) in [5, 5.41) is 0. The zero-order valence-electron chi connectivity index (χ0n) is 12.7. The normalized spacial score (nSPS) is 19.9. The maximum Gasteiger partial charge on any atom is 0.223 e. The Bertz CT molecular complexity index is 749. The summed E-state index contributed by atoms with van der Waals surface area (Å²) in [5.41, 5.74) is 10.5. The first-order valence-corrected chi connectivity index (χ1v) is 7.87. The maximum atomic E-state index is 11.6. The molecule has 5 nitrogen and oxygen atoms in total. The number of hydrogen-bond acceptors (Lipinski definition) is 3. The summed E-state index contributed by atoms with van der Waals surface area (Å²) >= 11 is 0. The first kappa shape index (κ1) is 13.5. The van der Waals surface area contributed by atoms with Crippen LogP contribution in [0.1, 0.15) is 37.2 Å². The topological polar surface area (TPSA) is 64.2 Å². The number of hydrogen-bond donors (Lipinski definition) is 1. The quantitative estimate of drug-likeness (QED) is 0.878. The van der Waals surface area contributed by atoms with E-state index in [9.17, 15) is 4.79 Å². The minimum absolute atomic E-state index is 0.0464. The van der Waals surface area contributed by atoms with Gasteiger partial charge in [-0.1, -0.05) is 6.07 Å². The highest BCUT2D eigenvalue weighted by molar-refractivity contribution is 5.94. The third-order valence-corrected chi connectivity index (χ3v) is 4.70. The van der Waals surface area contributed by atoms with Crippen molar-refractivity contribution in [2.24, 2.45) is 5.73 Å². The van der Waals surface area contributed by atoms with Crippen LogP contribution in [0.4, 0.5) is 5.69 Å². The third-order valence-electron chi connectivity index (χ3n) is 4.70. The van der Waals surface area contributed by atoms with E-state index in [1.54, 1.807) is 6.92 Å². The molecule has 1 amide bonds. The van der Waals surface area contributed by atoms with Crippen LogP contribution in [0, 0.1) is 0 Å². The highest BCUT2D eigenvalue weighted by Crippen LogP contribution is 2.33. The molecule has 0 bridgehead atoms. The van der Waals surface area contributed by atoms with Crippen LogP contribution in [0.25, 0.3) is 11.3 Å². The number of amides is 1. The van der Waals surface area contributed by atoms with Crippen molar-refractivity contribution < 1.29 is 4.79 Å². The zero-order valence-corrected chi connectivity index (χ0v) is 12.7. The number of carbonyl (C=O) groups excluding carboxylic acids is 1. The van der Waals surface area contributed by atoms with Crippen molar-refractivity contribution in [1.29, 1.82) is 0 Å². The van der Waals surface area contributed by atoms with E-state index in [2.05, 4.69) is 22.9 Å². The number of rotatable bonds is 1. The van der Waals surface area contributed by atoms with Gasteiger partial charge in [-0.05, 0) is 37.0 Å². The van der Waals surface area contributed by atoms with Gasteiger partial charge in [-0.25, -0.2) is 4.98 Å². The molecular weight excluding hydrogens is 276 g/mol. The number of benzene rings is 1. The van der Waals surface area contributed by atoms with E-state index in [4.69, 9.17) is 10.7 Å². The first-order valence-electron chi connectivity index (χ1n) is 7.87. The van der Waals surface area contributed by atoms with Crippen molar-refractivity contribution in [3.05, 3.63) is 35.8 Å². The Hall–Kier alpha value is -2.14. The fourth-order valence-corrected chi connectivity index (χ4v) is 3.54. The average Bonchev–Trinajstić information content (AvgIpc) is 3.11. The summed E-state index contributed by atoms with van der Waals surface area (Å²) in [7, 11) is 0. The largest absolute Gasteiger partial charge is 0.333 e. The van der Waals surface area contributed by atoms with E-state index in [0.717, 1.165) is 55.1 Å². The second-order valence-electron chi connectivity index (χ2n) is 6.19. The number of aryl methyl sites for hydroxylation is 1. The first-order chi connectivity index (χ1) is 10.6. The Morgan fingerprint density at radius 1 is 1.36 bits per heavy atom. The van der Waals surface area contributed by atoms with Gasteiger partial charge in [0.05, 0.1) is 11.7 Å². The molecule has 2 aliphatic rings. The van der Waals surface area contributed by atoms with E-state index in [0.29, 0.717) is 0 Å². The van der Waals surface area contributed by atoms with Gasteiger partial charge < -0.3 is 15.2 Å². The number of nitrogens with zero attached hydrogens (tertiary/aromatic N) is 3. The lowest BCUT2D eigenvalue weighted by Crippen LogP contribution is -2.25. The molecule has 0 aliphatic carbocycles. The summed E-state index contributed by atoms with van der Waals surface area (Å²) in [6.45, 7) is 3.39. The number of fused-ring (bicyclic) bond motifs is 2. The minimum atomic E-state index is 0.0464. The number of imidazole rings is 1. The van der Waals surface area contributed by atoms with Gasteiger partial charge in [0.1, 0.15) is 5.82 Å². The number of aromatic nitrogens is 2. The zero-order chi connectivity index (χ0) is 15.3. The van der Waals surface area contributed by atoms with Gasteiger partial charge in [0.15, 0.2) is 0 Å². The van der Waals surface area contributed by atoms with Crippen LogP contribution in [-0.4, -0.2) is 22.0 Å². The van der Waals surface area contributed by atoms with Gasteiger partial charge in [0.25, 0.3) is 0 Å². The Kier molecular flexibility index (Phi) is 3.04. The maximum absolute atomic E-state index is 11.6.